The van der Waals surface area contributed by atoms with Gasteiger partial charge in [-0.1, -0.05) is 34.8 Å². The van der Waals surface area contributed by atoms with Crippen LogP contribution in [0.1, 0.15) is 6.92 Å². The van der Waals surface area contributed by atoms with Crippen molar-refractivity contribution in [1.82, 2.24) is 0 Å². The van der Waals surface area contributed by atoms with Crippen molar-refractivity contribution in [2.45, 2.75) is 11.8 Å². The molecule has 14 heteroatoms. The van der Waals surface area contributed by atoms with Crippen LogP contribution < -0.4 is 19.7 Å². The summed E-state index contributed by atoms with van der Waals surface area (Å²) in [7, 11) is -2.49. The van der Waals surface area contributed by atoms with E-state index in [9.17, 15) is 22.8 Å². The number of hydrogen-bond donors (Lipinski definition) is 2. The maximum absolute atomic E-state index is 13.0. The molecule has 0 spiro atoms. The first kappa shape index (κ1) is 30.0. The lowest BCUT2D eigenvalue weighted by Crippen LogP contribution is -2.26. The van der Waals surface area contributed by atoms with Gasteiger partial charge >= 0.3 is 5.97 Å². The van der Waals surface area contributed by atoms with E-state index < -0.39 is 35.1 Å². The smallest absolute Gasteiger partial charge is 0.344 e. The molecule has 2 amide bonds. The summed E-state index contributed by atoms with van der Waals surface area (Å²) < 4.78 is 37.2. The van der Waals surface area contributed by atoms with Crippen LogP contribution >= 0.6 is 34.8 Å². The first-order chi connectivity index (χ1) is 18.4. The molecular formula is C25H22Cl3N3O7S. The molecule has 39 heavy (non-hydrogen) atoms. The van der Waals surface area contributed by atoms with Gasteiger partial charge in [0.2, 0.25) is 5.91 Å². The third-order valence-electron chi connectivity index (χ3n) is 5.04. The monoisotopic (exact) mass is 613 g/mol. The number of esters is 1. The van der Waals surface area contributed by atoms with Gasteiger partial charge in [0.05, 0.1) is 31.3 Å². The number of anilines is 3. The zero-order valence-electron chi connectivity index (χ0n) is 20.5. The Morgan fingerprint density at radius 2 is 1.46 bits per heavy atom. The summed E-state index contributed by atoms with van der Waals surface area (Å²) in [4.78, 5) is 35.2. The molecule has 2 N–H and O–H groups in total. The fraction of sp³-hybridized carbons (Fsp3) is 0.160. The van der Waals surface area contributed by atoms with E-state index in [0.29, 0.717) is 11.4 Å². The van der Waals surface area contributed by atoms with Crippen molar-refractivity contribution in [2.75, 3.05) is 35.2 Å². The van der Waals surface area contributed by atoms with Crippen molar-refractivity contribution in [3.05, 3.63) is 75.7 Å². The second-order valence-electron chi connectivity index (χ2n) is 7.92. The molecule has 0 aliphatic carbocycles. The highest BCUT2D eigenvalue weighted by Crippen LogP contribution is 2.32. The molecule has 10 nitrogen and oxygen atoms in total. The molecule has 0 saturated heterocycles. The third-order valence-corrected chi connectivity index (χ3v) is 7.87. The largest absolute Gasteiger partial charge is 0.482 e. The number of rotatable bonds is 10. The fourth-order valence-electron chi connectivity index (χ4n) is 3.10. The second-order valence-corrected chi connectivity index (χ2v) is 11.1. The summed E-state index contributed by atoms with van der Waals surface area (Å²) in [6.45, 7) is 0.270. The Balaban J connectivity index is 1.51. The van der Waals surface area contributed by atoms with Crippen LogP contribution in [0.4, 0.5) is 17.1 Å². The number of carbonyl (C=O) groups excluding carboxylic acids is 3. The molecule has 0 fully saturated rings. The molecule has 0 heterocycles. The summed E-state index contributed by atoms with van der Waals surface area (Å²) in [6.07, 6.45) is 0. The van der Waals surface area contributed by atoms with Crippen LogP contribution in [0.2, 0.25) is 15.1 Å². The zero-order valence-corrected chi connectivity index (χ0v) is 23.6. The number of nitrogens with zero attached hydrogens (tertiary/aromatic N) is 1. The number of ether oxygens (including phenoxy) is 2. The molecule has 0 aliphatic heterocycles. The molecule has 206 valence electrons. The number of sulfonamides is 1. The molecule has 0 radical (unpaired) electrons. The SMILES string of the molecule is CC(=O)Nc1ccc(S(=O)(=O)N(C)c2ccc(OCC(=O)OCC(=O)Nc3cc(Cl)c(Cl)cc3Cl)cc2)cc1. The number of benzene rings is 3. The van der Waals surface area contributed by atoms with Gasteiger partial charge in [0, 0.05) is 19.7 Å². The van der Waals surface area contributed by atoms with Crippen LogP contribution in [0.5, 0.6) is 5.75 Å². The Kier molecular flexibility index (Phi) is 10.0. The molecule has 0 atom stereocenters. The van der Waals surface area contributed by atoms with Crippen LogP contribution in [0.25, 0.3) is 0 Å². The Bertz CT molecular complexity index is 1480. The normalized spacial score (nSPS) is 10.9. The maximum Gasteiger partial charge on any atom is 0.344 e. The highest BCUT2D eigenvalue weighted by molar-refractivity contribution is 7.92. The van der Waals surface area contributed by atoms with Crippen molar-refractivity contribution in [2.24, 2.45) is 0 Å². The van der Waals surface area contributed by atoms with E-state index in [1.807, 2.05) is 0 Å². The molecule has 3 aromatic carbocycles. The van der Waals surface area contributed by atoms with Crippen LogP contribution in [0.3, 0.4) is 0 Å². The lowest BCUT2D eigenvalue weighted by molar-refractivity contribution is -0.149. The van der Waals surface area contributed by atoms with Gasteiger partial charge in [-0.15, -0.1) is 0 Å². The van der Waals surface area contributed by atoms with Crippen molar-refractivity contribution < 1.29 is 32.3 Å². The van der Waals surface area contributed by atoms with Crippen LogP contribution in [0, 0.1) is 0 Å². The Morgan fingerprint density at radius 3 is 2.08 bits per heavy atom. The summed E-state index contributed by atoms with van der Waals surface area (Å²) in [5, 5.41) is 5.60. The second kappa shape index (κ2) is 13.0. The van der Waals surface area contributed by atoms with Gasteiger partial charge in [-0.05, 0) is 60.7 Å². The molecular weight excluding hydrogens is 593 g/mol. The lowest BCUT2D eigenvalue weighted by atomic mass is 10.3. The molecule has 3 aromatic rings. The zero-order chi connectivity index (χ0) is 28.7. The number of carbonyl (C=O) groups is 3. The Labute approximate surface area is 239 Å². The van der Waals surface area contributed by atoms with Crippen molar-refractivity contribution >= 4 is 79.7 Å². The minimum Gasteiger partial charge on any atom is -0.482 e. The summed E-state index contributed by atoms with van der Waals surface area (Å²) in [6, 6.07) is 14.4. The number of halogens is 3. The third kappa shape index (κ3) is 8.24. The molecule has 0 aromatic heterocycles. The highest BCUT2D eigenvalue weighted by atomic mass is 35.5. The first-order valence-electron chi connectivity index (χ1n) is 11.1. The predicted molar refractivity (Wildman–Crippen MR) is 149 cm³/mol. The van der Waals surface area contributed by atoms with Gasteiger partial charge in [-0.2, -0.15) is 0 Å². The van der Waals surface area contributed by atoms with E-state index >= 15 is 0 Å². The Morgan fingerprint density at radius 1 is 0.846 bits per heavy atom. The quantitative estimate of drug-likeness (QED) is 0.243. The van der Waals surface area contributed by atoms with Gasteiger partial charge < -0.3 is 20.1 Å². The highest BCUT2D eigenvalue weighted by Gasteiger charge is 2.21. The van der Waals surface area contributed by atoms with E-state index in [0.717, 1.165) is 4.31 Å². The van der Waals surface area contributed by atoms with Crippen molar-refractivity contribution in [1.29, 1.82) is 0 Å². The van der Waals surface area contributed by atoms with E-state index in [4.69, 9.17) is 44.3 Å². The lowest BCUT2D eigenvalue weighted by Gasteiger charge is -2.20. The molecule has 0 aliphatic rings. The van der Waals surface area contributed by atoms with Gasteiger partial charge in [0.25, 0.3) is 15.9 Å². The van der Waals surface area contributed by atoms with Crippen molar-refractivity contribution in [3.63, 3.8) is 0 Å². The molecule has 3 rings (SSSR count). The standard InChI is InChI=1S/C25H22Cl3N3O7S/c1-15(32)29-16-3-9-19(10-4-16)39(35,36)31(2)17-5-7-18(8-6-17)37-14-25(34)38-13-24(33)30-23-12-21(27)20(26)11-22(23)28/h3-12H,13-14H2,1-2H3,(H,29,32)(H,30,33). The van der Waals surface area contributed by atoms with E-state index in [1.54, 1.807) is 0 Å². The average molecular weight is 615 g/mol. The van der Waals surface area contributed by atoms with Crippen molar-refractivity contribution in [3.8, 4) is 5.75 Å². The van der Waals surface area contributed by atoms with Crippen LogP contribution in [-0.4, -0.2) is 46.5 Å². The minimum absolute atomic E-state index is 0.0349. The predicted octanol–water partition coefficient (Wildman–Crippen LogP) is 4.99. The first-order valence-corrected chi connectivity index (χ1v) is 13.6. The van der Waals surface area contributed by atoms with Crippen LogP contribution in [0.15, 0.2) is 65.6 Å². The topological polar surface area (TPSA) is 131 Å². The number of amides is 2. The van der Waals surface area contributed by atoms with Gasteiger partial charge in [-0.3, -0.25) is 13.9 Å². The van der Waals surface area contributed by atoms with E-state index in [1.165, 1.54) is 74.6 Å². The average Bonchev–Trinajstić information content (AvgIpc) is 2.89. The van der Waals surface area contributed by atoms with E-state index in [2.05, 4.69) is 10.6 Å². The van der Waals surface area contributed by atoms with Gasteiger partial charge in [-0.25, -0.2) is 13.2 Å². The summed E-state index contributed by atoms with van der Waals surface area (Å²) in [5.74, 6) is -1.46. The summed E-state index contributed by atoms with van der Waals surface area (Å²) >= 11 is 17.7. The molecule has 0 bridgehead atoms. The Hall–Kier alpha value is -3.51. The molecule has 0 saturated carbocycles. The van der Waals surface area contributed by atoms with Gasteiger partial charge in [0.1, 0.15) is 5.75 Å². The maximum atomic E-state index is 13.0. The fourth-order valence-corrected chi connectivity index (χ4v) is 4.89. The van der Waals surface area contributed by atoms with Crippen LogP contribution in [-0.2, 0) is 29.1 Å². The number of nitrogens with one attached hydrogen (secondary N) is 2. The minimum atomic E-state index is -3.88. The molecule has 0 unspecified atom stereocenters. The number of hydrogen-bond acceptors (Lipinski definition) is 7. The summed E-state index contributed by atoms with van der Waals surface area (Å²) in [5.41, 5.74) is 1.02. The van der Waals surface area contributed by atoms with E-state index in [-0.39, 0.29) is 37.3 Å². The van der Waals surface area contributed by atoms with Gasteiger partial charge in [0.15, 0.2) is 13.2 Å².